The molecular formula is C16H16IrN3-. The molecule has 0 saturated carbocycles. The van der Waals surface area contributed by atoms with Crippen LogP contribution < -0.4 is 0 Å². The van der Waals surface area contributed by atoms with Gasteiger partial charge in [-0.25, -0.2) is 0 Å². The minimum atomic E-state index is 0. The molecule has 0 fully saturated rings. The van der Waals surface area contributed by atoms with E-state index >= 15 is 0 Å². The maximum atomic E-state index is 4.55. The molecular weight excluding hydrogens is 426 g/mol. The second kappa shape index (κ2) is 6.69. The fraction of sp³-hybridized carbons (Fsp3) is 0.188. The van der Waals surface area contributed by atoms with Gasteiger partial charge in [0.2, 0.25) is 0 Å². The molecule has 3 nitrogen and oxygen atoms in total. The molecule has 1 aromatic carbocycles. The van der Waals surface area contributed by atoms with Gasteiger partial charge < -0.3 is 4.57 Å². The van der Waals surface area contributed by atoms with Crippen LogP contribution in [0.4, 0.5) is 0 Å². The van der Waals surface area contributed by atoms with E-state index in [0.717, 1.165) is 29.9 Å². The van der Waals surface area contributed by atoms with Crippen molar-refractivity contribution in [3.8, 4) is 11.4 Å². The predicted octanol–water partition coefficient (Wildman–Crippen LogP) is 3.41. The van der Waals surface area contributed by atoms with Crippen LogP contribution in [0.25, 0.3) is 11.4 Å². The molecule has 0 aliphatic heterocycles. The van der Waals surface area contributed by atoms with Gasteiger partial charge in [0, 0.05) is 26.3 Å². The molecule has 0 spiro atoms. The largest absolute Gasteiger partial charge is 0.449 e. The summed E-state index contributed by atoms with van der Waals surface area (Å²) >= 11 is 0. The van der Waals surface area contributed by atoms with Gasteiger partial charge >= 0.3 is 0 Å². The molecule has 1 radical (unpaired) electrons. The van der Waals surface area contributed by atoms with Crippen molar-refractivity contribution in [3.63, 3.8) is 0 Å². The average molecular weight is 443 g/mol. The van der Waals surface area contributed by atoms with E-state index in [0.29, 0.717) is 0 Å². The molecule has 0 aliphatic rings. The maximum Gasteiger partial charge on any atom is 0.0628 e. The zero-order valence-electron chi connectivity index (χ0n) is 11.3. The minimum absolute atomic E-state index is 0. The van der Waals surface area contributed by atoms with E-state index < -0.39 is 0 Å². The first-order chi connectivity index (χ1) is 9.36. The van der Waals surface area contributed by atoms with Gasteiger partial charge in [-0.05, 0) is 30.1 Å². The van der Waals surface area contributed by atoms with Crippen molar-refractivity contribution in [1.29, 1.82) is 0 Å². The number of hydrogen-bond acceptors (Lipinski definition) is 1. The van der Waals surface area contributed by atoms with E-state index in [1.807, 2.05) is 45.9 Å². The molecule has 0 N–H and O–H groups in total. The van der Waals surface area contributed by atoms with E-state index in [1.54, 1.807) is 0 Å². The Morgan fingerprint density at radius 3 is 2.60 bits per heavy atom. The Morgan fingerprint density at radius 1 is 1.05 bits per heavy atom. The molecule has 2 heterocycles. The number of nitrogens with zero attached hydrogens (tertiary/aromatic N) is 3. The minimum Gasteiger partial charge on any atom is -0.449 e. The van der Waals surface area contributed by atoms with Crippen molar-refractivity contribution in [2.45, 2.75) is 19.8 Å². The van der Waals surface area contributed by atoms with E-state index in [9.17, 15) is 0 Å². The third kappa shape index (κ3) is 3.09. The fourth-order valence-corrected chi connectivity index (χ4v) is 2.10. The standard InChI is InChI=1S/C16H16N3.Ir/c1-2-6-14-9-12-19(17-14)16-10-11-18(13-16)15-7-4-3-5-8-15;/h3-5,7-12H,2,6H2,1H3;/q-1;. The second-order valence-corrected chi connectivity index (χ2v) is 4.52. The van der Waals surface area contributed by atoms with Gasteiger partial charge in [0.25, 0.3) is 0 Å². The van der Waals surface area contributed by atoms with Gasteiger partial charge in [0.05, 0.1) is 5.69 Å². The van der Waals surface area contributed by atoms with Crippen molar-refractivity contribution >= 4 is 0 Å². The SMILES string of the molecule is CCCc1ccn(-c2[c-]n(-c3ccccc3)cc2)n1.[Ir]. The van der Waals surface area contributed by atoms with Gasteiger partial charge in [0.15, 0.2) is 0 Å². The Kier molecular flexibility index (Phi) is 4.94. The van der Waals surface area contributed by atoms with Crippen LogP contribution in [-0.4, -0.2) is 14.3 Å². The van der Waals surface area contributed by atoms with Crippen molar-refractivity contribution in [3.05, 3.63) is 66.7 Å². The van der Waals surface area contributed by atoms with E-state index in [-0.39, 0.29) is 20.1 Å². The van der Waals surface area contributed by atoms with E-state index in [4.69, 9.17) is 0 Å². The summed E-state index contributed by atoms with van der Waals surface area (Å²) in [6.07, 6.45) is 9.45. The maximum absolute atomic E-state index is 4.55. The summed E-state index contributed by atoms with van der Waals surface area (Å²) in [7, 11) is 0. The Balaban J connectivity index is 0.00000147. The molecule has 105 valence electrons. The number of hydrogen-bond donors (Lipinski definition) is 0. The van der Waals surface area contributed by atoms with Crippen LogP contribution in [0.1, 0.15) is 19.0 Å². The smallest absolute Gasteiger partial charge is 0.0628 e. The topological polar surface area (TPSA) is 22.8 Å². The number of benzene rings is 1. The molecule has 20 heavy (non-hydrogen) atoms. The molecule has 0 amide bonds. The van der Waals surface area contributed by atoms with E-state index in [2.05, 4.69) is 36.4 Å². The molecule has 0 bridgehead atoms. The van der Waals surface area contributed by atoms with Crippen molar-refractivity contribution in [2.24, 2.45) is 0 Å². The predicted molar refractivity (Wildman–Crippen MR) is 75.7 cm³/mol. The molecule has 0 unspecified atom stereocenters. The Hall–Kier alpha value is -1.64. The fourth-order valence-electron chi connectivity index (χ4n) is 2.10. The first kappa shape index (κ1) is 14.8. The first-order valence-electron chi connectivity index (χ1n) is 6.58. The van der Waals surface area contributed by atoms with Crippen molar-refractivity contribution in [2.75, 3.05) is 0 Å². The normalized spacial score (nSPS) is 10.2. The Labute approximate surface area is 132 Å². The second-order valence-electron chi connectivity index (χ2n) is 4.52. The summed E-state index contributed by atoms with van der Waals surface area (Å²) in [5.41, 5.74) is 3.20. The summed E-state index contributed by atoms with van der Waals surface area (Å²) in [6, 6.07) is 14.3. The summed E-state index contributed by atoms with van der Waals surface area (Å²) in [5, 5.41) is 4.55. The van der Waals surface area contributed by atoms with Crippen LogP contribution in [0.3, 0.4) is 0 Å². The molecule has 0 saturated heterocycles. The summed E-state index contributed by atoms with van der Waals surface area (Å²) in [6.45, 7) is 2.16. The number of rotatable bonds is 4. The van der Waals surface area contributed by atoms with E-state index in [1.165, 1.54) is 0 Å². The number of para-hydroxylation sites is 1. The van der Waals surface area contributed by atoms with Crippen LogP contribution in [0.2, 0.25) is 0 Å². The summed E-state index contributed by atoms with van der Waals surface area (Å²) in [4.78, 5) is 0. The average Bonchev–Trinajstić information content (AvgIpc) is 3.08. The zero-order valence-corrected chi connectivity index (χ0v) is 13.7. The van der Waals surface area contributed by atoms with Gasteiger partial charge in [-0.15, -0.1) is 12.3 Å². The Bertz CT molecular complexity index is 655. The van der Waals surface area contributed by atoms with Crippen LogP contribution in [0.15, 0.2) is 54.9 Å². The van der Waals surface area contributed by atoms with Crippen LogP contribution in [0.5, 0.6) is 0 Å². The van der Waals surface area contributed by atoms with Crippen LogP contribution >= 0.6 is 0 Å². The Morgan fingerprint density at radius 2 is 1.85 bits per heavy atom. The van der Waals surface area contributed by atoms with Gasteiger partial charge in [-0.2, -0.15) is 5.10 Å². The molecule has 4 heteroatoms. The molecule has 0 aliphatic carbocycles. The van der Waals surface area contributed by atoms with Crippen LogP contribution in [-0.2, 0) is 26.5 Å². The number of aryl methyl sites for hydroxylation is 1. The third-order valence-electron chi connectivity index (χ3n) is 3.05. The molecule has 3 rings (SSSR count). The molecule has 2 aromatic heterocycles. The van der Waals surface area contributed by atoms with Gasteiger partial charge in [-0.3, -0.25) is 4.68 Å². The quantitative estimate of drug-likeness (QED) is 0.568. The van der Waals surface area contributed by atoms with Gasteiger partial charge in [-0.1, -0.05) is 43.7 Å². The van der Waals surface area contributed by atoms with Crippen LogP contribution in [0, 0.1) is 6.20 Å². The monoisotopic (exact) mass is 443 g/mol. The van der Waals surface area contributed by atoms with Gasteiger partial charge in [0.1, 0.15) is 0 Å². The molecule has 3 aromatic rings. The zero-order chi connectivity index (χ0) is 13.1. The number of aromatic nitrogens is 3. The molecule has 0 atom stereocenters. The van der Waals surface area contributed by atoms with Crippen molar-refractivity contribution in [1.82, 2.24) is 14.3 Å². The van der Waals surface area contributed by atoms with Crippen molar-refractivity contribution < 1.29 is 20.1 Å². The third-order valence-corrected chi connectivity index (χ3v) is 3.05. The first-order valence-corrected chi connectivity index (χ1v) is 6.58. The summed E-state index contributed by atoms with van der Waals surface area (Å²) in [5.74, 6) is 0. The summed E-state index contributed by atoms with van der Waals surface area (Å²) < 4.78 is 3.86.